The molecule has 0 radical (unpaired) electrons. The van der Waals surface area contributed by atoms with E-state index in [2.05, 4.69) is 0 Å². The molecule has 1 atom stereocenters. The zero-order chi connectivity index (χ0) is 18.3. The Kier molecular flexibility index (Phi) is 12.0. The Morgan fingerprint density at radius 2 is 1.46 bits per heavy atom. The van der Waals surface area contributed by atoms with Crippen LogP contribution < -0.4 is 0 Å². The largest absolute Gasteiger partial charge is 0.373 e. The molecule has 0 aromatic heterocycles. The van der Waals surface area contributed by atoms with Crippen LogP contribution in [0.25, 0.3) is 0 Å². The van der Waals surface area contributed by atoms with E-state index in [9.17, 15) is 10.1 Å². The maximum Gasteiger partial charge on any atom is 0.293 e. The molecule has 0 rings (SSSR count). The van der Waals surface area contributed by atoms with Crippen molar-refractivity contribution >= 4 is 0 Å². The van der Waals surface area contributed by atoms with E-state index in [-0.39, 0.29) is 52.3 Å². The number of hydrogen-bond donors (Lipinski definition) is 0. The van der Waals surface area contributed by atoms with Crippen molar-refractivity contribution in [3.63, 3.8) is 0 Å². The maximum atomic E-state index is 11.8. The zero-order valence-electron chi connectivity index (χ0n) is 13.8. The van der Waals surface area contributed by atoms with Crippen molar-refractivity contribution in [2.75, 3.05) is 33.0 Å². The molecule has 1 unspecified atom stereocenters. The summed E-state index contributed by atoms with van der Waals surface area (Å²) in [5.41, 5.74) is -1.66. The molecular weight excluding hydrogens is 316 g/mol. The van der Waals surface area contributed by atoms with Gasteiger partial charge in [-0.25, -0.2) is 0 Å². The average Bonchev–Trinajstić information content (AvgIpc) is 2.58. The highest BCUT2D eigenvalue weighted by Crippen LogP contribution is 2.23. The van der Waals surface area contributed by atoms with Crippen molar-refractivity contribution in [3.05, 3.63) is 10.1 Å². The van der Waals surface area contributed by atoms with Crippen molar-refractivity contribution in [2.45, 2.75) is 44.2 Å². The lowest BCUT2D eigenvalue weighted by Gasteiger charge is -2.32. The Hall–Kier alpha value is -2.25. The van der Waals surface area contributed by atoms with E-state index >= 15 is 0 Å². The minimum Gasteiger partial charge on any atom is -0.373 e. The fourth-order valence-electron chi connectivity index (χ4n) is 2.08. The lowest BCUT2D eigenvalue weighted by Crippen LogP contribution is -2.57. The highest BCUT2D eigenvalue weighted by molar-refractivity contribution is 4.89. The van der Waals surface area contributed by atoms with Crippen LogP contribution in [0.15, 0.2) is 0 Å². The topological polar surface area (TPSA) is 142 Å². The Morgan fingerprint density at radius 1 is 1.00 bits per heavy atom. The van der Waals surface area contributed by atoms with Crippen molar-refractivity contribution in [1.29, 1.82) is 15.8 Å². The molecule has 0 aliphatic rings. The predicted octanol–water partition coefficient (Wildman–Crippen LogP) is 1.57. The van der Waals surface area contributed by atoms with Crippen LogP contribution in [0.1, 0.15) is 32.6 Å². The minimum absolute atomic E-state index is 0.0684. The van der Waals surface area contributed by atoms with Crippen molar-refractivity contribution in [1.82, 2.24) is 0 Å². The summed E-state index contributed by atoms with van der Waals surface area (Å²) in [5.74, 6) is 0. The van der Waals surface area contributed by atoms with E-state index in [4.69, 9.17) is 30.0 Å². The highest BCUT2D eigenvalue weighted by Gasteiger charge is 2.51. The quantitative estimate of drug-likeness (QED) is 0.264. The molecule has 0 aromatic carbocycles. The molecular formula is C15H22N4O5. The van der Waals surface area contributed by atoms with E-state index in [0.717, 1.165) is 0 Å². The average molecular weight is 338 g/mol. The van der Waals surface area contributed by atoms with Gasteiger partial charge in [0.05, 0.1) is 57.3 Å². The second-order valence-electron chi connectivity index (χ2n) is 4.96. The second-order valence-corrected chi connectivity index (χ2v) is 4.96. The summed E-state index contributed by atoms with van der Waals surface area (Å²) < 4.78 is 16.1. The van der Waals surface area contributed by atoms with Gasteiger partial charge >= 0.3 is 0 Å². The van der Waals surface area contributed by atoms with E-state index in [1.54, 1.807) is 6.92 Å². The SMILES string of the molecule is CCC(OCCC#N)C(COCCC#N)(COCCC#N)[N+](=O)[O-]. The van der Waals surface area contributed by atoms with Crippen LogP contribution in [-0.2, 0) is 14.2 Å². The van der Waals surface area contributed by atoms with E-state index in [1.807, 2.05) is 18.2 Å². The summed E-state index contributed by atoms with van der Waals surface area (Å²) in [4.78, 5) is 11.3. The molecule has 0 bridgehead atoms. The van der Waals surface area contributed by atoms with E-state index in [0.29, 0.717) is 6.42 Å². The lowest BCUT2D eigenvalue weighted by molar-refractivity contribution is -0.593. The van der Waals surface area contributed by atoms with E-state index in [1.165, 1.54) is 0 Å². The third-order valence-electron chi connectivity index (χ3n) is 3.29. The monoisotopic (exact) mass is 338 g/mol. The Labute approximate surface area is 141 Å². The second kappa shape index (κ2) is 13.2. The summed E-state index contributed by atoms with van der Waals surface area (Å²) in [6.07, 6.45) is -0.125. The van der Waals surface area contributed by atoms with E-state index < -0.39 is 16.6 Å². The molecule has 0 aliphatic heterocycles. The first-order valence-corrected chi connectivity index (χ1v) is 7.61. The number of nitriles is 3. The van der Waals surface area contributed by atoms with Crippen LogP contribution in [0.4, 0.5) is 0 Å². The van der Waals surface area contributed by atoms with Gasteiger partial charge in [-0.15, -0.1) is 0 Å². The highest BCUT2D eigenvalue weighted by atomic mass is 16.6. The predicted molar refractivity (Wildman–Crippen MR) is 82.1 cm³/mol. The first kappa shape index (κ1) is 21.8. The van der Waals surface area contributed by atoms with Crippen molar-refractivity contribution < 1.29 is 19.1 Å². The summed E-state index contributed by atoms with van der Waals surface area (Å²) in [7, 11) is 0. The van der Waals surface area contributed by atoms with Crippen molar-refractivity contribution in [3.8, 4) is 18.2 Å². The normalized spacial score (nSPS) is 11.9. The molecule has 0 heterocycles. The Balaban J connectivity index is 5.14. The van der Waals surface area contributed by atoms with Gasteiger partial charge in [-0.2, -0.15) is 15.8 Å². The fraction of sp³-hybridized carbons (Fsp3) is 0.800. The van der Waals surface area contributed by atoms with Gasteiger partial charge in [0.1, 0.15) is 19.3 Å². The van der Waals surface area contributed by atoms with Gasteiger partial charge in [0.15, 0.2) is 0 Å². The van der Waals surface area contributed by atoms with Gasteiger partial charge in [-0.1, -0.05) is 6.92 Å². The summed E-state index contributed by atoms with van der Waals surface area (Å²) in [6, 6.07) is 5.72. The molecule has 0 N–H and O–H groups in total. The molecule has 0 aliphatic carbocycles. The molecule has 24 heavy (non-hydrogen) atoms. The third kappa shape index (κ3) is 7.34. The molecule has 9 heteroatoms. The molecule has 0 amide bonds. The number of nitrogens with zero attached hydrogens (tertiary/aromatic N) is 4. The number of nitro groups is 1. The molecule has 0 saturated carbocycles. The lowest BCUT2D eigenvalue weighted by atomic mass is 9.92. The summed E-state index contributed by atoms with van der Waals surface area (Å²) >= 11 is 0. The zero-order valence-corrected chi connectivity index (χ0v) is 13.8. The molecule has 132 valence electrons. The van der Waals surface area contributed by atoms with Gasteiger partial charge in [0.2, 0.25) is 0 Å². The number of rotatable bonds is 14. The maximum absolute atomic E-state index is 11.8. The van der Waals surface area contributed by atoms with Crippen LogP contribution in [0.2, 0.25) is 0 Å². The summed E-state index contributed by atoms with van der Waals surface area (Å²) in [5, 5.41) is 37.4. The third-order valence-corrected chi connectivity index (χ3v) is 3.29. The molecule has 0 aromatic rings. The Morgan fingerprint density at radius 3 is 1.83 bits per heavy atom. The number of ether oxygens (including phenoxy) is 3. The first-order valence-electron chi connectivity index (χ1n) is 7.61. The van der Waals surface area contributed by atoms with Gasteiger partial charge in [-0.3, -0.25) is 10.1 Å². The molecule has 0 spiro atoms. The van der Waals surface area contributed by atoms with Gasteiger partial charge in [0, 0.05) is 4.92 Å². The molecule has 0 saturated heterocycles. The fourth-order valence-corrected chi connectivity index (χ4v) is 2.08. The summed E-state index contributed by atoms with van der Waals surface area (Å²) in [6.45, 7) is 1.39. The van der Waals surface area contributed by atoms with Crippen LogP contribution in [-0.4, -0.2) is 49.6 Å². The van der Waals surface area contributed by atoms with Gasteiger partial charge < -0.3 is 14.2 Å². The van der Waals surface area contributed by atoms with Crippen LogP contribution >= 0.6 is 0 Å². The van der Waals surface area contributed by atoms with Gasteiger partial charge in [0.25, 0.3) is 5.54 Å². The smallest absolute Gasteiger partial charge is 0.293 e. The molecule has 9 nitrogen and oxygen atoms in total. The standard InChI is InChI=1S/C15H22N4O5/c1-2-14(24-11-5-8-18)15(19(20)21,12-22-9-3-6-16)13-23-10-4-7-17/h14H,2-5,9-13H2,1H3. The van der Waals surface area contributed by atoms with Crippen LogP contribution in [0.3, 0.4) is 0 Å². The number of hydrogen-bond acceptors (Lipinski definition) is 8. The first-order chi connectivity index (χ1) is 11.6. The van der Waals surface area contributed by atoms with Gasteiger partial charge in [-0.05, 0) is 6.42 Å². The van der Waals surface area contributed by atoms with Crippen LogP contribution in [0, 0.1) is 44.1 Å². The molecule has 0 fully saturated rings. The minimum atomic E-state index is -1.66. The van der Waals surface area contributed by atoms with Crippen LogP contribution in [0.5, 0.6) is 0 Å². The Bertz CT molecular complexity index is 470. The van der Waals surface area contributed by atoms with Crippen molar-refractivity contribution in [2.24, 2.45) is 0 Å².